The van der Waals surface area contributed by atoms with Crippen LogP contribution in [0.3, 0.4) is 0 Å². The van der Waals surface area contributed by atoms with Crippen LogP contribution in [0.4, 0.5) is 0 Å². The van der Waals surface area contributed by atoms with Crippen molar-refractivity contribution in [2.75, 3.05) is 6.54 Å². The predicted molar refractivity (Wildman–Crippen MR) is 73.9 cm³/mol. The normalized spacial score (nSPS) is 21.2. The van der Waals surface area contributed by atoms with Crippen molar-refractivity contribution in [2.45, 2.75) is 51.2 Å². The summed E-state index contributed by atoms with van der Waals surface area (Å²) >= 11 is 7.80. The lowest BCUT2D eigenvalue weighted by Crippen LogP contribution is -2.25. The molecule has 2 unspecified atom stereocenters. The van der Waals surface area contributed by atoms with E-state index in [1.54, 1.807) is 11.3 Å². The third-order valence-corrected chi connectivity index (χ3v) is 4.61. The second kappa shape index (κ2) is 6.19. The molecular weight excluding hydrogens is 254 g/mol. The number of aliphatic hydroxyl groups is 1. The van der Waals surface area contributed by atoms with Gasteiger partial charge in [-0.25, -0.2) is 0 Å². The summed E-state index contributed by atoms with van der Waals surface area (Å²) in [6.45, 7) is 2.82. The predicted octanol–water partition coefficient (Wildman–Crippen LogP) is 3.53. The molecule has 0 bridgehead atoms. The van der Waals surface area contributed by atoms with Gasteiger partial charge in [0.05, 0.1) is 10.4 Å². The van der Waals surface area contributed by atoms with Gasteiger partial charge < -0.3 is 10.4 Å². The van der Waals surface area contributed by atoms with Crippen molar-refractivity contribution >= 4 is 22.9 Å². The average Bonchev–Trinajstić information content (AvgIpc) is 2.65. The van der Waals surface area contributed by atoms with E-state index in [-0.39, 0.29) is 6.10 Å². The molecule has 0 radical (unpaired) electrons. The SMILES string of the molecule is CC(O)CCCNC1CCCc2sc(Cl)cc21. The van der Waals surface area contributed by atoms with E-state index in [0.717, 1.165) is 23.7 Å². The van der Waals surface area contributed by atoms with Crippen LogP contribution in [0.15, 0.2) is 6.07 Å². The van der Waals surface area contributed by atoms with Crippen LogP contribution in [-0.2, 0) is 6.42 Å². The molecule has 1 aromatic heterocycles. The molecule has 17 heavy (non-hydrogen) atoms. The van der Waals surface area contributed by atoms with Crippen LogP contribution in [0, 0.1) is 0 Å². The molecule has 1 aliphatic rings. The molecule has 0 spiro atoms. The fraction of sp³-hybridized carbons (Fsp3) is 0.692. The number of halogens is 1. The first-order chi connectivity index (χ1) is 8.16. The molecule has 1 aromatic rings. The summed E-state index contributed by atoms with van der Waals surface area (Å²) in [5.74, 6) is 0. The van der Waals surface area contributed by atoms with Crippen LogP contribution in [0.5, 0.6) is 0 Å². The minimum atomic E-state index is -0.186. The largest absolute Gasteiger partial charge is 0.393 e. The third kappa shape index (κ3) is 3.68. The zero-order valence-electron chi connectivity index (χ0n) is 10.2. The maximum absolute atomic E-state index is 9.21. The first kappa shape index (κ1) is 13.3. The van der Waals surface area contributed by atoms with Crippen molar-refractivity contribution in [1.29, 1.82) is 0 Å². The number of thiophene rings is 1. The molecule has 1 aliphatic carbocycles. The highest BCUT2D eigenvalue weighted by molar-refractivity contribution is 7.16. The van der Waals surface area contributed by atoms with E-state index in [9.17, 15) is 5.11 Å². The minimum Gasteiger partial charge on any atom is -0.393 e. The van der Waals surface area contributed by atoms with Crippen LogP contribution in [0.2, 0.25) is 4.34 Å². The van der Waals surface area contributed by atoms with Crippen LogP contribution in [-0.4, -0.2) is 17.8 Å². The molecule has 0 saturated carbocycles. The number of hydrogen-bond acceptors (Lipinski definition) is 3. The van der Waals surface area contributed by atoms with Crippen molar-refractivity contribution < 1.29 is 5.11 Å². The van der Waals surface area contributed by atoms with Gasteiger partial charge in [0.15, 0.2) is 0 Å². The highest BCUT2D eigenvalue weighted by Crippen LogP contribution is 2.37. The second-order valence-electron chi connectivity index (χ2n) is 4.82. The highest BCUT2D eigenvalue weighted by atomic mass is 35.5. The number of nitrogens with one attached hydrogen (secondary N) is 1. The lowest BCUT2D eigenvalue weighted by atomic mass is 9.94. The lowest BCUT2D eigenvalue weighted by molar-refractivity contribution is 0.180. The molecule has 0 amide bonds. The van der Waals surface area contributed by atoms with Crippen LogP contribution in [0.1, 0.15) is 49.1 Å². The Morgan fingerprint density at radius 3 is 3.24 bits per heavy atom. The summed E-state index contributed by atoms with van der Waals surface area (Å²) in [6, 6.07) is 2.59. The fourth-order valence-electron chi connectivity index (χ4n) is 2.41. The smallest absolute Gasteiger partial charge is 0.0934 e. The molecule has 2 atom stereocenters. The van der Waals surface area contributed by atoms with Gasteiger partial charge in [-0.3, -0.25) is 0 Å². The lowest BCUT2D eigenvalue weighted by Gasteiger charge is -2.23. The Balaban J connectivity index is 1.86. The molecule has 0 aliphatic heterocycles. The second-order valence-corrected chi connectivity index (χ2v) is 6.59. The Hall–Kier alpha value is -0.0900. The van der Waals surface area contributed by atoms with Crippen LogP contribution >= 0.6 is 22.9 Å². The number of rotatable bonds is 5. The van der Waals surface area contributed by atoms with Gasteiger partial charge in [-0.15, -0.1) is 11.3 Å². The van der Waals surface area contributed by atoms with E-state index in [0.29, 0.717) is 6.04 Å². The molecule has 0 fully saturated rings. The first-order valence-electron chi connectivity index (χ1n) is 6.36. The van der Waals surface area contributed by atoms with E-state index in [2.05, 4.69) is 11.4 Å². The maximum atomic E-state index is 9.21. The van der Waals surface area contributed by atoms with E-state index in [4.69, 9.17) is 11.6 Å². The Kier molecular flexibility index (Phi) is 4.86. The summed E-state index contributed by atoms with van der Waals surface area (Å²) < 4.78 is 0.910. The number of fused-ring (bicyclic) bond motifs is 1. The minimum absolute atomic E-state index is 0.186. The molecule has 0 aromatic carbocycles. The topological polar surface area (TPSA) is 32.3 Å². The van der Waals surface area contributed by atoms with Crippen molar-refractivity contribution in [3.63, 3.8) is 0 Å². The molecule has 2 nitrogen and oxygen atoms in total. The van der Waals surface area contributed by atoms with Crippen molar-refractivity contribution in [3.05, 3.63) is 20.8 Å². The van der Waals surface area contributed by atoms with E-state index < -0.39 is 0 Å². The van der Waals surface area contributed by atoms with Gasteiger partial charge in [0.2, 0.25) is 0 Å². The summed E-state index contributed by atoms with van der Waals surface area (Å²) in [4.78, 5) is 1.45. The van der Waals surface area contributed by atoms with E-state index in [1.807, 2.05) is 6.92 Å². The zero-order chi connectivity index (χ0) is 12.3. The number of aryl methyl sites for hydroxylation is 1. The average molecular weight is 274 g/mol. The standard InChI is InChI=1S/C13H20ClNOS/c1-9(16)4-3-7-15-11-5-2-6-12-10(11)8-13(14)17-12/h8-9,11,15-16H,2-7H2,1H3. The Labute approximate surface area is 112 Å². The van der Waals surface area contributed by atoms with Gasteiger partial charge in [0.1, 0.15) is 0 Å². The van der Waals surface area contributed by atoms with E-state index >= 15 is 0 Å². The van der Waals surface area contributed by atoms with Gasteiger partial charge >= 0.3 is 0 Å². The van der Waals surface area contributed by atoms with Crippen molar-refractivity contribution in [3.8, 4) is 0 Å². The van der Waals surface area contributed by atoms with Gasteiger partial charge in [-0.05, 0) is 57.2 Å². The summed E-state index contributed by atoms with van der Waals surface area (Å²) in [7, 11) is 0. The Morgan fingerprint density at radius 1 is 1.65 bits per heavy atom. The molecule has 4 heteroatoms. The van der Waals surface area contributed by atoms with Gasteiger partial charge in [0.25, 0.3) is 0 Å². The van der Waals surface area contributed by atoms with Crippen molar-refractivity contribution in [2.24, 2.45) is 0 Å². The van der Waals surface area contributed by atoms with Gasteiger partial charge in [-0.1, -0.05) is 11.6 Å². The molecule has 96 valence electrons. The fourth-order valence-corrected chi connectivity index (χ4v) is 3.79. The number of hydrogen-bond donors (Lipinski definition) is 2. The summed E-state index contributed by atoms with van der Waals surface area (Å²) in [5.41, 5.74) is 1.41. The number of aliphatic hydroxyl groups excluding tert-OH is 1. The molecule has 0 saturated heterocycles. The molecule has 2 N–H and O–H groups in total. The summed E-state index contributed by atoms with van der Waals surface area (Å²) in [6.07, 6.45) is 5.35. The quantitative estimate of drug-likeness (QED) is 0.805. The Morgan fingerprint density at radius 2 is 2.47 bits per heavy atom. The van der Waals surface area contributed by atoms with Crippen LogP contribution in [0.25, 0.3) is 0 Å². The van der Waals surface area contributed by atoms with Gasteiger partial charge in [0, 0.05) is 10.9 Å². The van der Waals surface area contributed by atoms with Crippen LogP contribution < -0.4 is 5.32 Å². The van der Waals surface area contributed by atoms with Crippen molar-refractivity contribution in [1.82, 2.24) is 5.32 Å². The zero-order valence-corrected chi connectivity index (χ0v) is 11.8. The Bertz CT molecular complexity index is 364. The maximum Gasteiger partial charge on any atom is 0.0934 e. The first-order valence-corrected chi connectivity index (χ1v) is 7.56. The highest BCUT2D eigenvalue weighted by Gasteiger charge is 2.21. The monoisotopic (exact) mass is 273 g/mol. The molecular formula is C13H20ClNOS. The molecule has 1 heterocycles. The van der Waals surface area contributed by atoms with Gasteiger partial charge in [-0.2, -0.15) is 0 Å². The summed E-state index contributed by atoms with van der Waals surface area (Å²) in [5, 5.41) is 12.8. The van der Waals surface area contributed by atoms with E-state index in [1.165, 1.54) is 29.7 Å². The molecule has 2 rings (SSSR count). The third-order valence-electron chi connectivity index (χ3n) is 3.27.